The van der Waals surface area contributed by atoms with E-state index in [4.69, 9.17) is 21.3 Å². The summed E-state index contributed by atoms with van der Waals surface area (Å²) in [6.07, 6.45) is -0.127. The number of rotatable bonds is 3. The third-order valence-electron chi connectivity index (χ3n) is 6.47. The van der Waals surface area contributed by atoms with Crippen molar-refractivity contribution in [3.63, 3.8) is 0 Å². The van der Waals surface area contributed by atoms with Gasteiger partial charge in [-0.1, -0.05) is 65.7 Å². The number of para-hydroxylation sites is 3. The number of nitrogens with zero attached hydrogens (tertiary/aromatic N) is 3. The van der Waals surface area contributed by atoms with Crippen LogP contribution < -0.4 is 9.80 Å². The fourth-order valence-electron chi connectivity index (χ4n) is 4.82. The van der Waals surface area contributed by atoms with Gasteiger partial charge in [-0.2, -0.15) is 0 Å². The summed E-state index contributed by atoms with van der Waals surface area (Å²) in [5, 5.41) is 0.643. The summed E-state index contributed by atoms with van der Waals surface area (Å²) < 4.78 is 5.79. The molecule has 2 aliphatic heterocycles. The lowest BCUT2D eigenvalue weighted by Crippen LogP contribution is -2.74. The third-order valence-corrected chi connectivity index (χ3v) is 6.78. The van der Waals surface area contributed by atoms with Crippen molar-refractivity contribution < 1.29 is 9.53 Å². The zero-order chi connectivity index (χ0) is 22.5. The summed E-state index contributed by atoms with van der Waals surface area (Å²) in [6.45, 7) is 2.05. The second-order valence-corrected chi connectivity index (χ2v) is 8.69. The van der Waals surface area contributed by atoms with Crippen molar-refractivity contribution in [2.45, 2.75) is 25.0 Å². The van der Waals surface area contributed by atoms with Crippen molar-refractivity contribution in [2.75, 3.05) is 24.0 Å². The van der Waals surface area contributed by atoms with Crippen molar-refractivity contribution >= 4 is 40.4 Å². The van der Waals surface area contributed by atoms with Gasteiger partial charge in [0.15, 0.2) is 6.10 Å². The Bertz CT molecular complexity index is 1220. The van der Waals surface area contributed by atoms with Crippen molar-refractivity contribution in [1.29, 1.82) is 0 Å². The second-order valence-electron chi connectivity index (χ2n) is 8.28. The number of hydrogen-bond donors (Lipinski definition) is 0. The maximum absolute atomic E-state index is 13.3. The van der Waals surface area contributed by atoms with Gasteiger partial charge in [0.25, 0.3) is 5.91 Å². The van der Waals surface area contributed by atoms with Crippen LogP contribution in [0.4, 0.5) is 17.1 Å². The number of β-lactam (4-membered cyclic amide) rings is 1. The Kier molecular flexibility index (Phi) is 5.03. The lowest BCUT2D eigenvalue weighted by molar-refractivity contribution is -0.147. The molecule has 0 N–H and O–H groups in total. The predicted octanol–water partition coefficient (Wildman–Crippen LogP) is 5.48. The number of amidine groups is 1. The highest BCUT2D eigenvalue weighted by Gasteiger charge is 2.64. The molecule has 3 aromatic carbocycles. The van der Waals surface area contributed by atoms with Gasteiger partial charge in [0.05, 0.1) is 22.1 Å². The van der Waals surface area contributed by atoms with E-state index in [-0.39, 0.29) is 5.91 Å². The Morgan fingerprint density at radius 1 is 1.06 bits per heavy atom. The van der Waals surface area contributed by atoms with Gasteiger partial charge in [-0.05, 0) is 36.8 Å². The monoisotopic (exact) mass is 445 g/mol. The van der Waals surface area contributed by atoms with Crippen LogP contribution in [-0.2, 0) is 15.1 Å². The van der Waals surface area contributed by atoms with E-state index < -0.39 is 11.6 Å². The second kappa shape index (κ2) is 7.76. The molecule has 162 valence electrons. The minimum atomic E-state index is -0.708. The molecule has 6 heteroatoms. The third kappa shape index (κ3) is 2.96. The molecule has 1 amide bonds. The first kappa shape index (κ1) is 20.7. The van der Waals surface area contributed by atoms with Crippen LogP contribution in [0.1, 0.15) is 17.5 Å². The van der Waals surface area contributed by atoms with E-state index in [0.717, 1.165) is 34.0 Å². The molecule has 2 aliphatic rings. The molecule has 2 heterocycles. The molecule has 3 aromatic rings. The van der Waals surface area contributed by atoms with Crippen LogP contribution in [0, 0.1) is 6.92 Å². The highest BCUT2D eigenvalue weighted by Crippen LogP contribution is 2.53. The number of aryl methyl sites for hydroxylation is 1. The number of halogens is 1. The summed E-state index contributed by atoms with van der Waals surface area (Å²) in [5.41, 5.74) is 3.86. The van der Waals surface area contributed by atoms with Crippen LogP contribution in [0.3, 0.4) is 0 Å². The van der Waals surface area contributed by atoms with E-state index in [0.29, 0.717) is 11.4 Å². The number of carbonyl (C=O) groups excluding carboxylic acids is 1. The molecule has 0 bridgehead atoms. The topological polar surface area (TPSA) is 45.1 Å². The van der Waals surface area contributed by atoms with E-state index in [1.54, 1.807) is 7.11 Å². The Morgan fingerprint density at radius 2 is 1.75 bits per heavy atom. The van der Waals surface area contributed by atoms with Gasteiger partial charge in [0, 0.05) is 20.6 Å². The average molecular weight is 446 g/mol. The molecule has 0 aromatic heterocycles. The summed E-state index contributed by atoms with van der Waals surface area (Å²) in [5.74, 6) is 0.751. The number of aliphatic imine (C=N–C) groups is 1. The van der Waals surface area contributed by atoms with Crippen LogP contribution in [0.5, 0.6) is 0 Å². The molecule has 2 unspecified atom stereocenters. The smallest absolute Gasteiger partial charge is 0.259 e. The number of carbonyl (C=O) groups is 1. The normalized spacial score (nSPS) is 21.8. The molecular weight excluding hydrogens is 422 g/mol. The molecule has 0 saturated carbocycles. The Labute approximate surface area is 192 Å². The Hall–Kier alpha value is -3.15. The first-order valence-electron chi connectivity index (χ1n) is 10.6. The van der Waals surface area contributed by atoms with E-state index in [1.165, 1.54) is 0 Å². The molecule has 1 saturated heterocycles. The van der Waals surface area contributed by atoms with Gasteiger partial charge in [0.2, 0.25) is 0 Å². The fourth-order valence-corrected chi connectivity index (χ4v) is 5.08. The van der Waals surface area contributed by atoms with Crippen molar-refractivity contribution in [1.82, 2.24) is 0 Å². The molecule has 0 radical (unpaired) electrons. The lowest BCUT2D eigenvalue weighted by Gasteiger charge is -2.56. The number of hydrogen-bond acceptors (Lipinski definition) is 4. The maximum Gasteiger partial charge on any atom is 0.259 e. The first-order chi connectivity index (χ1) is 15.5. The van der Waals surface area contributed by atoms with Crippen LogP contribution in [0.2, 0.25) is 5.02 Å². The van der Waals surface area contributed by atoms with Gasteiger partial charge in [-0.25, -0.2) is 4.99 Å². The van der Waals surface area contributed by atoms with Gasteiger partial charge in [-0.3, -0.25) is 9.69 Å². The molecule has 0 spiro atoms. The van der Waals surface area contributed by atoms with Gasteiger partial charge < -0.3 is 9.64 Å². The number of anilines is 2. The number of benzene rings is 3. The lowest BCUT2D eigenvalue weighted by atomic mass is 9.71. The fraction of sp³-hybridized carbons (Fsp3) is 0.231. The Balaban J connectivity index is 1.73. The molecule has 5 nitrogen and oxygen atoms in total. The number of ether oxygens (including phenoxy) is 1. The quantitative estimate of drug-likeness (QED) is 0.502. The Morgan fingerprint density at radius 3 is 2.47 bits per heavy atom. The zero-order valence-electron chi connectivity index (χ0n) is 18.2. The molecule has 1 fully saturated rings. The SMILES string of the molecule is COC1C(=O)N2c3ccccc3N=C(N(C)c3ccccc3Cl)CC12c1ccc(C)cc1. The van der Waals surface area contributed by atoms with Crippen molar-refractivity contribution in [2.24, 2.45) is 4.99 Å². The number of amides is 1. The van der Waals surface area contributed by atoms with Crippen LogP contribution in [-0.4, -0.2) is 32.0 Å². The van der Waals surface area contributed by atoms with Crippen LogP contribution in [0.25, 0.3) is 0 Å². The number of fused-ring (bicyclic) bond motifs is 3. The highest BCUT2D eigenvalue weighted by molar-refractivity contribution is 6.34. The summed E-state index contributed by atoms with van der Waals surface area (Å²) >= 11 is 6.52. The van der Waals surface area contributed by atoms with E-state index in [1.807, 2.05) is 65.4 Å². The molecular formula is C26H24ClN3O2. The largest absolute Gasteiger partial charge is 0.369 e. The summed E-state index contributed by atoms with van der Waals surface area (Å²) in [4.78, 5) is 22.2. The van der Waals surface area contributed by atoms with Crippen LogP contribution >= 0.6 is 11.6 Å². The molecule has 5 rings (SSSR count). The van der Waals surface area contributed by atoms with Gasteiger partial charge in [0.1, 0.15) is 11.4 Å². The standard InChI is InChI=1S/C26H24ClN3O2/c1-17-12-14-18(15-13-17)26-16-23(29(2)21-10-6-4-8-19(21)27)28-20-9-5-7-11-22(20)30(26)25(31)24(26)32-3/h4-15,24H,16H2,1-3H3. The van der Waals surface area contributed by atoms with Gasteiger partial charge >= 0.3 is 0 Å². The van der Waals surface area contributed by atoms with Crippen LogP contribution in [0.15, 0.2) is 77.8 Å². The van der Waals surface area contributed by atoms with E-state index in [9.17, 15) is 4.79 Å². The highest BCUT2D eigenvalue weighted by atomic mass is 35.5. The van der Waals surface area contributed by atoms with E-state index >= 15 is 0 Å². The molecule has 0 aliphatic carbocycles. The summed E-state index contributed by atoms with van der Waals surface area (Å²) in [6, 6.07) is 23.8. The number of methoxy groups -OCH3 is 1. The van der Waals surface area contributed by atoms with Crippen molar-refractivity contribution in [3.8, 4) is 0 Å². The minimum absolute atomic E-state index is 0.0580. The zero-order valence-corrected chi connectivity index (χ0v) is 19.0. The van der Waals surface area contributed by atoms with E-state index in [2.05, 4.69) is 31.2 Å². The average Bonchev–Trinajstić information content (AvgIpc) is 2.92. The minimum Gasteiger partial charge on any atom is -0.369 e. The molecule has 2 atom stereocenters. The van der Waals surface area contributed by atoms with Gasteiger partial charge in [-0.15, -0.1) is 0 Å². The summed E-state index contributed by atoms with van der Waals surface area (Å²) in [7, 11) is 3.56. The van der Waals surface area contributed by atoms with Crippen molar-refractivity contribution in [3.05, 3.63) is 88.9 Å². The predicted molar refractivity (Wildman–Crippen MR) is 129 cm³/mol. The maximum atomic E-state index is 13.3. The molecule has 32 heavy (non-hydrogen) atoms. The first-order valence-corrected chi connectivity index (χ1v) is 10.9.